The molecule has 23 heavy (non-hydrogen) atoms. The van der Waals surface area contributed by atoms with Gasteiger partial charge in [-0.05, 0) is 68.8 Å². The van der Waals surface area contributed by atoms with Gasteiger partial charge in [0.2, 0.25) is 0 Å². The van der Waals surface area contributed by atoms with Crippen LogP contribution >= 0.6 is 0 Å². The zero-order valence-corrected chi connectivity index (χ0v) is 14.0. The van der Waals surface area contributed by atoms with Gasteiger partial charge in [0.05, 0.1) is 0 Å². The summed E-state index contributed by atoms with van der Waals surface area (Å²) in [6, 6.07) is 6.46. The number of nitrogens with one attached hydrogen (secondary N) is 2. The molecule has 0 bridgehead atoms. The van der Waals surface area contributed by atoms with Gasteiger partial charge in [-0.25, -0.2) is 4.79 Å². The van der Waals surface area contributed by atoms with Gasteiger partial charge < -0.3 is 10.6 Å². The number of rotatable bonds is 4. The average Bonchev–Trinajstić information content (AvgIpc) is 2.55. The minimum Gasteiger partial charge on any atom is -0.317 e. The fourth-order valence-electron chi connectivity index (χ4n) is 3.58. The Hall–Kier alpha value is -1.81. The molecule has 1 aromatic carbocycles. The Labute approximate surface area is 138 Å². The van der Waals surface area contributed by atoms with E-state index in [-0.39, 0.29) is 6.03 Å². The van der Waals surface area contributed by atoms with Crippen molar-refractivity contribution in [3.8, 4) is 0 Å². The van der Waals surface area contributed by atoms with Crippen molar-refractivity contribution >= 4 is 11.7 Å². The quantitative estimate of drug-likeness (QED) is 0.895. The Morgan fingerprint density at radius 3 is 2.78 bits per heavy atom. The van der Waals surface area contributed by atoms with Crippen molar-refractivity contribution in [2.24, 2.45) is 5.92 Å². The van der Waals surface area contributed by atoms with Crippen LogP contribution in [0.25, 0.3) is 0 Å². The number of piperidine rings is 1. The van der Waals surface area contributed by atoms with Gasteiger partial charge in [-0.15, -0.1) is 0 Å². The second kappa shape index (κ2) is 7.18. The van der Waals surface area contributed by atoms with Gasteiger partial charge in [0, 0.05) is 24.4 Å². The molecule has 0 saturated carbocycles. The first-order valence-corrected chi connectivity index (χ1v) is 8.70. The number of amides is 2. The van der Waals surface area contributed by atoms with Crippen LogP contribution in [-0.4, -0.2) is 25.7 Å². The molecule has 2 fully saturated rings. The van der Waals surface area contributed by atoms with Crippen LogP contribution in [-0.2, 0) is 6.42 Å². The number of carbonyl (C=O) groups excluding carboxylic acids is 1. The molecule has 2 aliphatic rings. The lowest BCUT2D eigenvalue weighted by atomic mass is 9.91. The summed E-state index contributed by atoms with van der Waals surface area (Å²) >= 11 is 0. The highest BCUT2D eigenvalue weighted by Crippen LogP contribution is 2.26. The topological polar surface area (TPSA) is 44.4 Å². The molecule has 0 atom stereocenters. The Morgan fingerprint density at radius 1 is 1.30 bits per heavy atom. The van der Waals surface area contributed by atoms with E-state index in [4.69, 9.17) is 0 Å². The van der Waals surface area contributed by atoms with Crippen molar-refractivity contribution < 1.29 is 4.79 Å². The van der Waals surface area contributed by atoms with E-state index in [9.17, 15) is 4.79 Å². The minimum atomic E-state index is -0.0631. The lowest BCUT2D eigenvalue weighted by Crippen LogP contribution is -2.45. The second-order valence-corrected chi connectivity index (χ2v) is 6.79. The smallest absolute Gasteiger partial charge is 0.317 e. The molecule has 2 saturated heterocycles. The third-order valence-corrected chi connectivity index (χ3v) is 5.02. The molecule has 0 aromatic heterocycles. The normalized spacial score (nSPS) is 19.8. The monoisotopic (exact) mass is 313 g/mol. The van der Waals surface area contributed by atoms with E-state index in [1.165, 1.54) is 30.4 Å². The highest BCUT2D eigenvalue weighted by Gasteiger charge is 2.22. The lowest BCUT2D eigenvalue weighted by Gasteiger charge is -2.30. The summed E-state index contributed by atoms with van der Waals surface area (Å²) < 4.78 is 0. The number of hydrogen-bond acceptors (Lipinski definition) is 2. The molecule has 0 unspecified atom stereocenters. The number of hydrogen-bond donors (Lipinski definition) is 2. The summed E-state index contributed by atoms with van der Waals surface area (Å²) in [4.78, 5) is 13.9. The van der Waals surface area contributed by atoms with Crippen LogP contribution in [0.15, 0.2) is 30.5 Å². The summed E-state index contributed by atoms with van der Waals surface area (Å²) in [5, 5.41) is 6.25. The average molecular weight is 313 g/mol. The van der Waals surface area contributed by atoms with Crippen LogP contribution in [0.2, 0.25) is 0 Å². The summed E-state index contributed by atoms with van der Waals surface area (Å²) in [6.45, 7) is 8.97. The summed E-state index contributed by atoms with van der Waals surface area (Å²) in [6.07, 6.45) is 5.81. The maximum absolute atomic E-state index is 12.1. The Bertz CT molecular complexity index is 590. The van der Waals surface area contributed by atoms with Gasteiger partial charge in [0.1, 0.15) is 0 Å². The molecule has 0 radical (unpaired) electrons. The Balaban J connectivity index is 1.63. The van der Waals surface area contributed by atoms with Crippen LogP contribution in [0.5, 0.6) is 0 Å². The van der Waals surface area contributed by atoms with Gasteiger partial charge >= 0.3 is 6.03 Å². The molecule has 4 heteroatoms. The number of urea groups is 1. The van der Waals surface area contributed by atoms with E-state index in [1.807, 2.05) is 4.90 Å². The van der Waals surface area contributed by atoms with Crippen molar-refractivity contribution in [2.75, 3.05) is 24.5 Å². The van der Waals surface area contributed by atoms with Crippen molar-refractivity contribution in [3.05, 3.63) is 41.6 Å². The molecular weight excluding hydrogens is 286 g/mol. The minimum absolute atomic E-state index is 0.0631. The van der Waals surface area contributed by atoms with E-state index in [1.54, 1.807) is 0 Å². The maximum atomic E-state index is 12.1. The maximum Gasteiger partial charge on any atom is 0.326 e. The van der Waals surface area contributed by atoms with Crippen molar-refractivity contribution in [3.63, 3.8) is 0 Å². The fourth-order valence-corrected chi connectivity index (χ4v) is 3.58. The van der Waals surface area contributed by atoms with Gasteiger partial charge in [0.15, 0.2) is 0 Å². The lowest BCUT2D eigenvalue weighted by molar-refractivity contribution is 0.246. The molecule has 4 nitrogen and oxygen atoms in total. The highest BCUT2D eigenvalue weighted by molar-refractivity contribution is 5.94. The summed E-state index contributed by atoms with van der Waals surface area (Å²) in [5.41, 5.74) is 4.38. The number of nitrogens with zero attached hydrogens (tertiary/aromatic N) is 1. The van der Waals surface area contributed by atoms with E-state index in [0.29, 0.717) is 6.54 Å². The molecular formula is C19H27N3O. The van der Waals surface area contributed by atoms with Crippen LogP contribution in [0, 0.1) is 12.8 Å². The zero-order chi connectivity index (χ0) is 16.2. The predicted octanol–water partition coefficient (Wildman–Crippen LogP) is 3.36. The fraction of sp³-hybridized carbons (Fsp3) is 0.526. The zero-order valence-electron chi connectivity index (χ0n) is 14.0. The third kappa shape index (κ3) is 3.94. The third-order valence-electron chi connectivity index (χ3n) is 5.02. The van der Waals surface area contributed by atoms with E-state index >= 15 is 0 Å². The molecule has 2 heterocycles. The molecule has 2 amide bonds. The van der Waals surface area contributed by atoms with Gasteiger partial charge in [-0.1, -0.05) is 18.7 Å². The van der Waals surface area contributed by atoms with Crippen LogP contribution < -0.4 is 15.5 Å². The standard InChI is InChI=1S/C19H27N3O/c1-14-13-17(4-3-16-7-10-20-11-8-16)5-6-18(14)22-12-9-15(2)21-19(22)23/h5-6,13,16,20H,2-4,7-12H2,1H3,(H,21,23). The Kier molecular flexibility index (Phi) is 5.01. The number of carbonyl (C=O) groups is 1. The van der Waals surface area contributed by atoms with Crippen molar-refractivity contribution in [2.45, 2.75) is 39.0 Å². The first kappa shape index (κ1) is 16.1. The Morgan fingerprint density at radius 2 is 2.09 bits per heavy atom. The van der Waals surface area contributed by atoms with Gasteiger partial charge in [-0.3, -0.25) is 4.90 Å². The van der Waals surface area contributed by atoms with Crippen molar-refractivity contribution in [1.82, 2.24) is 10.6 Å². The first-order valence-electron chi connectivity index (χ1n) is 8.70. The summed E-state index contributed by atoms with van der Waals surface area (Å²) in [5.74, 6) is 0.857. The molecule has 2 N–H and O–H groups in total. The van der Waals surface area contributed by atoms with E-state index in [0.717, 1.165) is 43.2 Å². The molecule has 1 aromatic rings. The van der Waals surface area contributed by atoms with Crippen molar-refractivity contribution in [1.29, 1.82) is 0 Å². The van der Waals surface area contributed by atoms with Crippen LogP contribution in [0.1, 0.15) is 36.8 Å². The summed E-state index contributed by atoms with van der Waals surface area (Å²) in [7, 11) is 0. The molecule has 124 valence electrons. The van der Waals surface area contributed by atoms with E-state index < -0.39 is 0 Å². The van der Waals surface area contributed by atoms with E-state index in [2.05, 4.69) is 42.3 Å². The molecule has 3 rings (SSSR count). The van der Waals surface area contributed by atoms with Gasteiger partial charge in [0.25, 0.3) is 0 Å². The SMILES string of the molecule is C=C1CCN(c2ccc(CCC3CCNCC3)cc2C)C(=O)N1. The van der Waals surface area contributed by atoms with Gasteiger partial charge in [-0.2, -0.15) is 0 Å². The second-order valence-electron chi connectivity index (χ2n) is 6.79. The molecule has 0 spiro atoms. The predicted molar refractivity (Wildman–Crippen MR) is 94.7 cm³/mol. The molecule has 0 aliphatic carbocycles. The molecule has 2 aliphatic heterocycles. The highest BCUT2D eigenvalue weighted by atomic mass is 16.2. The number of benzene rings is 1. The first-order chi connectivity index (χ1) is 11.1. The van der Waals surface area contributed by atoms with Crippen LogP contribution in [0.3, 0.4) is 0 Å². The largest absolute Gasteiger partial charge is 0.326 e. The van der Waals surface area contributed by atoms with Crippen LogP contribution in [0.4, 0.5) is 10.5 Å². The number of anilines is 1. The number of aryl methyl sites for hydroxylation is 2.